The summed E-state index contributed by atoms with van der Waals surface area (Å²) < 4.78 is 7.16. The summed E-state index contributed by atoms with van der Waals surface area (Å²) in [7, 11) is 0. The number of ether oxygens (including phenoxy) is 1. The number of fused-ring (bicyclic) bond motifs is 6. The van der Waals surface area contributed by atoms with Crippen LogP contribution in [0, 0.1) is 35.0 Å². The van der Waals surface area contributed by atoms with Gasteiger partial charge in [-0.15, -0.1) is 0 Å². The molecule has 4 fully saturated rings. The molecule has 0 aromatic carbocycles. The van der Waals surface area contributed by atoms with Crippen molar-refractivity contribution < 1.29 is 9.53 Å². The molecule has 2 saturated heterocycles. The molecule has 4 heteroatoms. The van der Waals surface area contributed by atoms with Gasteiger partial charge in [0.15, 0.2) is 5.78 Å². The molecule has 2 heterocycles. The van der Waals surface area contributed by atoms with Crippen molar-refractivity contribution in [1.82, 2.24) is 4.90 Å². The first-order valence-electron chi connectivity index (χ1n) is 14.3. The summed E-state index contributed by atoms with van der Waals surface area (Å²) in [6, 6.07) is 0.532. The maximum atomic E-state index is 12.2. The lowest BCUT2D eigenvalue weighted by atomic mass is 9.56. The van der Waals surface area contributed by atoms with Crippen molar-refractivity contribution in [2.24, 2.45) is 40.7 Å². The molecule has 0 bridgehead atoms. The second-order valence-corrected chi connectivity index (χ2v) is 13.3. The predicted molar refractivity (Wildman–Crippen MR) is 136 cm³/mol. The Balaban J connectivity index is 1.29. The Morgan fingerprint density at radius 1 is 1.21 bits per heavy atom. The van der Waals surface area contributed by atoms with E-state index in [9.17, 15) is 4.79 Å². The minimum Gasteiger partial charge on any atom is -0.369 e. The summed E-state index contributed by atoms with van der Waals surface area (Å²) in [6.45, 7) is 12.7. The van der Waals surface area contributed by atoms with E-state index in [1.165, 1.54) is 44.2 Å². The average molecular weight is 467 g/mol. The van der Waals surface area contributed by atoms with Gasteiger partial charge in [-0.25, -0.2) is 0 Å². The highest BCUT2D eigenvalue weighted by molar-refractivity contribution is 5.91. The smallest absolute Gasteiger partial charge is 0.155 e. The number of allylic oxidation sites excluding steroid dienone is 3. The second kappa shape index (κ2) is 8.28. The molecule has 2 aliphatic heterocycles. The van der Waals surface area contributed by atoms with Crippen molar-refractivity contribution in [3.63, 3.8) is 0 Å². The number of nitrogens with zero attached hydrogens (tertiary/aromatic N) is 1. The highest BCUT2D eigenvalue weighted by atomic mass is 16.5. The van der Waals surface area contributed by atoms with Gasteiger partial charge in [0.1, 0.15) is 0 Å². The van der Waals surface area contributed by atoms with Gasteiger partial charge in [0.05, 0.1) is 11.7 Å². The van der Waals surface area contributed by atoms with E-state index >= 15 is 0 Å². The molecule has 188 valence electrons. The quantitative estimate of drug-likeness (QED) is 0.563. The third kappa shape index (κ3) is 3.38. The standard InChI is InChI=1S/C30H46N2O2/c1-18-13-27-28(32(17-18)12-11-31)20(3)30(34-27)10-8-23-24-6-5-21-14-22(33)7-9-29(21,4)26(24)15-25(23)19(2)16-30/h14,18,20,23-24,26-28H,5-13,15-17,31H2,1-4H3/t18-,20+,23-,24-,26-,27+,28-,29-,30-/m0/s1. The number of carbonyl (C=O) groups is 1. The second-order valence-electron chi connectivity index (χ2n) is 13.3. The SMILES string of the molecule is CC1=C2C[C@H]3[C@@H](CCC4=CC(=O)CC[C@@]43C)[C@@H]2CC[C@@]2(C1)O[C@@H]1C[C@H](C)CN(CCN)[C@H]1[C@H]2C. The van der Waals surface area contributed by atoms with E-state index in [4.69, 9.17) is 10.5 Å². The minimum absolute atomic E-state index is 0.00402. The van der Waals surface area contributed by atoms with Gasteiger partial charge in [-0.1, -0.05) is 37.5 Å². The van der Waals surface area contributed by atoms with Crippen molar-refractivity contribution in [2.45, 2.75) is 103 Å². The van der Waals surface area contributed by atoms with Crippen LogP contribution in [0.15, 0.2) is 22.8 Å². The van der Waals surface area contributed by atoms with Crippen molar-refractivity contribution in [2.75, 3.05) is 19.6 Å². The van der Waals surface area contributed by atoms with Crippen LogP contribution in [-0.2, 0) is 9.53 Å². The van der Waals surface area contributed by atoms with Gasteiger partial charge in [-0.05, 0) is 93.5 Å². The number of carbonyl (C=O) groups excluding carboxylic acids is 1. The lowest BCUT2D eigenvalue weighted by molar-refractivity contribution is -0.116. The zero-order chi connectivity index (χ0) is 23.8. The summed E-state index contributed by atoms with van der Waals surface area (Å²) in [5.41, 5.74) is 11.2. The fourth-order valence-electron chi connectivity index (χ4n) is 9.93. The van der Waals surface area contributed by atoms with Gasteiger partial charge >= 0.3 is 0 Å². The van der Waals surface area contributed by atoms with Crippen LogP contribution < -0.4 is 5.73 Å². The minimum atomic E-state index is 0.00402. The Hall–Kier alpha value is -0.970. The Kier molecular flexibility index (Phi) is 5.71. The first kappa shape index (κ1) is 23.4. The van der Waals surface area contributed by atoms with Crippen LogP contribution in [-0.4, -0.2) is 48.1 Å². The highest BCUT2D eigenvalue weighted by Crippen LogP contribution is 2.64. The van der Waals surface area contributed by atoms with E-state index in [2.05, 4.69) is 32.6 Å². The Bertz CT molecular complexity index is 923. The zero-order valence-corrected chi connectivity index (χ0v) is 21.9. The summed E-state index contributed by atoms with van der Waals surface area (Å²) in [5.74, 6) is 3.87. The molecule has 0 unspecified atom stereocenters. The fraction of sp³-hybridized carbons (Fsp3) is 0.833. The largest absolute Gasteiger partial charge is 0.369 e. The van der Waals surface area contributed by atoms with E-state index in [-0.39, 0.29) is 11.0 Å². The first-order valence-corrected chi connectivity index (χ1v) is 14.3. The zero-order valence-electron chi connectivity index (χ0n) is 21.9. The monoisotopic (exact) mass is 466 g/mol. The topological polar surface area (TPSA) is 55.6 Å². The van der Waals surface area contributed by atoms with Gasteiger partial charge < -0.3 is 10.5 Å². The van der Waals surface area contributed by atoms with E-state index in [1.54, 1.807) is 11.1 Å². The maximum Gasteiger partial charge on any atom is 0.155 e. The van der Waals surface area contributed by atoms with Crippen LogP contribution >= 0.6 is 0 Å². The lowest BCUT2D eigenvalue weighted by Gasteiger charge is -2.48. The Labute approximate surface area is 206 Å². The molecule has 4 nitrogen and oxygen atoms in total. The van der Waals surface area contributed by atoms with Crippen LogP contribution in [0.2, 0.25) is 0 Å². The summed E-state index contributed by atoms with van der Waals surface area (Å²) >= 11 is 0. The van der Waals surface area contributed by atoms with Crippen LogP contribution in [0.5, 0.6) is 0 Å². The maximum absolute atomic E-state index is 12.2. The third-order valence-electron chi connectivity index (χ3n) is 11.6. The molecule has 0 aromatic heterocycles. The van der Waals surface area contributed by atoms with E-state index < -0.39 is 0 Å². The number of hydrogen-bond donors (Lipinski definition) is 1. The fourth-order valence-corrected chi connectivity index (χ4v) is 9.93. The number of nitrogens with two attached hydrogens (primary N) is 1. The van der Waals surface area contributed by atoms with Gasteiger partial charge in [0, 0.05) is 38.0 Å². The number of hydrogen-bond acceptors (Lipinski definition) is 4. The van der Waals surface area contributed by atoms with Crippen LogP contribution in [0.4, 0.5) is 0 Å². The van der Waals surface area contributed by atoms with Gasteiger partial charge in [-0.2, -0.15) is 0 Å². The number of rotatable bonds is 2. The molecule has 0 amide bonds. The molecule has 34 heavy (non-hydrogen) atoms. The summed E-state index contributed by atoms with van der Waals surface area (Å²) in [4.78, 5) is 14.8. The van der Waals surface area contributed by atoms with Gasteiger partial charge in [-0.3, -0.25) is 9.69 Å². The highest BCUT2D eigenvalue weighted by Gasteiger charge is 2.59. The first-order chi connectivity index (χ1) is 16.3. The predicted octanol–water partition coefficient (Wildman–Crippen LogP) is 5.27. The van der Waals surface area contributed by atoms with E-state index in [0.29, 0.717) is 29.8 Å². The molecular formula is C30H46N2O2. The molecule has 2 N–H and O–H groups in total. The van der Waals surface area contributed by atoms with Crippen LogP contribution in [0.25, 0.3) is 0 Å². The van der Waals surface area contributed by atoms with Crippen LogP contribution in [0.3, 0.4) is 0 Å². The normalized spacial score (nSPS) is 48.8. The molecular weight excluding hydrogens is 420 g/mol. The van der Waals surface area contributed by atoms with Crippen molar-refractivity contribution >= 4 is 5.78 Å². The number of ketones is 1. The molecule has 6 rings (SSSR count). The average Bonchev–Trinajstić information content (AvgIpc) is 3.25. The number of likely N-dealkylation sites (tertiary alicyclic amines) is 1. The van der Waals surface area contributed by atoms with E-state index in [0.717, 1.165) is 56.5 Å². The molecule has 2 saturated carbocycles. The van der Waals surface area contributed by atoms with Crippen molar-refractivity contribution in [3.8, 4) is 0 Å². The van der Waals surface area contributed by atoms with Crippen LogP contribution in [0.1, 0.15) is 85.5 Å². The Morgan fingerprint density at radius 3 is 2.82 bits per heavy atom. The van der Waals surface area contributed by atoms with Crippen molar-refractivity contribution in [3.05, 3.63) is 22.8 Å². The summed E-state index contributed by atoms with van der Waals surface area (Å²) in [5, 5.41) is 0. The summed E-state index contributed by atoms with van der Waals surface area (Å²) in [6.07, 6.45) is 12.7. The molecule has 4 aliphatic carbocycles. The molecule has 9 atom stereocenters. The lowest BCUT2D eigenvalue weighted by Crippen LogP contribution is -2.53. The van der Waals surface area contributed by atoms with E-state index in [1.807, 2.05) is 6.08 Å². The van der Waals surface area contributed by atoms with Gasteiger partial charge in [0.25, 0.3) is 0 Å². The Morgan fingerprint density at radius 2 is 2.03 bits per heavy atom. The third-order valence-corrected chi connectivity index (χ3v) is 11.6. The number of piperidine rings is 1. The van der Waals surface area contributed by atoms with Gasteiger partial charge in [0.2, 0.25) is 0 Å². The molecule has 0 radical (unpaired) electrons. The molecule has 6 aliphatic rings. The molecule has 0 aromatic rings. The van der Waals surface area contributed by atoms with Crippen molar-refractivity contribution in [1.29, 1.82) is 0 Å². The molecule has 1 spiro atoms.